The second kappa shape index (κ2) is 7.74. The fraction of sp³-hybridized carbons (Fsp3) is 0.500. The van der Waals surface area contributed by atoms with Crippen LogP contribution in [0.25, 0.3) is 0 Å². The van der Waals surface area contributed by atoms with Crippen molar-refractivity contribution < 1.29 is 9.60 Å². The molecule has 0 saturated carbocycles. The van der Waals surface area contributed by atoms with Gasteiger partial charge in [-0.15, -0.1) is 0 Å². The predicted octanol–water partition coefficient (Wildman–Crippen LogP) is 2.18. The zero-order valence-corrected chi connectivity index (χ0v) is 11.5. The summed E-state index contributed by atoms with van der Waals surface area (Å²) < 4.78 is 13.0. The van der Waals surface area contributed by atoms with E-state index < -0.39 is 0 Å². The van der Waals surface area contributed by atoms with E-state index in [0.717, 1.165) is 30.5 Å². The van der Waals surface area contributed by atoms with Crippen LogP contribution in [-0.2, 0) is 6.42 Å². The van der Waals surface area contributed by atoms with Gasteiger partial charge in [-0.25, -0.2) is 4.39 Å². The van der Waals surface area contributed by atoms with Crippen LogP contribution in [0.2, 0.25) is 0 Å². The Bertz CT molecular complexity index is 435. The number of oxime groups is 1. The fourth-order valence-corrected chi connectivity index (χ4v) is 2.00. The van der Waals surface area contributed by atoms with E-state index in [1.165, 1.54) is 6.07 Å². The molecule has 0 radical (unpaired) electrons. The van der Waals surface area contributed by atoms with Crippen molar-refractivity contribution in [1.29, 1.82) is 0 Å². The van der Waals surface area contributed by atoms with Crippen molar-refractivity contribution in [1.82, 2.24) is 5.32 Å². The van der Waals surface area contributed by atoms with Gasteiger partial charge in [-0.05, 0) is 49.6 Å². The normalized spacial score (nSPS) is 13.5. The van der Waals surface area contributed by atoms with Crippen molar-refractivity contribution >= 4 is 5.84 Å². The summed E-state index contributed by atoms with van der Waals surface area (Å²) in [6.45, 7) is 4.74. The number of hydrogen-bond acceptors (Lipinski definition) is 3. The highest BCUT2D eigenvalue weighted by atomic mass is 19.1. The number of amidine groups is 1. The second-order valence-electron chi connectivity index (χ2n) is 4.68. The largest absolute Gasteiger partial charge is 0.409 e. The lowest BCUT2D eigenvalue weighted by Crippen LogP contribution is -2.34. The van der Waals surface area contributed by atoms with E-state index in [4.69, 9.17) is 10.9 Å². The van der Waals surface area contributed by atoms with Gasteiger partial charge in [-0.1, -0.05) is 18.1 Å². The number of nitrogens with two attached hydrogens (primary N) is 1. The molecule has 4 nitrogen and oxygen atoms in total. The Morgan fingerprint density at radius 1 is 1.53 bits per heavy atom. The molecule has 19 heavy (non-hydrogen) atoms. The summed E-state index contributed by atoms with van der Waals surface area (Å²) in [4.78, 5) is 0. The van der Waals surface area contributed by atoms with E-state index in [-0.39, 0.29) is 17.7 Å². The molecule has 0 aliphatic heterocycles. The minimum absolute atomic E-state index is 0.191. The lowest BCUT2D eigenvalue weighted by Gasteiger charge is -2.16. The Kier molecular flexibility index (Phi) is 6.29. The van der Waals surface area contributed by atoms with Crippen molar-refractivity contribution in [2.75, 3.05) is 6.54 Å². The van der Waals surface area contributed by atoms with Crippen LogP contribution >= 0.6 is 0 Å². The average Bonchev–Trinajstić information content (AvgIpc) is 2.39. The summed E-state index contributed by atoms with van der Waals surface area (Å²) in [5.74, 6) is 0.0323. The maximum atomic E-state index is 13.0. The van der Waals surface area contributed by atoms with Crippen LogP contribution in [0.4, 0.5) is 4.39 Å². The molecule has 1 rings (SSSR count). The summed E-state index contributed by atoms with van der Waals surface area (Å²) in [6.07, 6.45) is 2.26. The van der Waals surface area contributed by atoms with Crippen molar-refractivity contribution in [3.8, 4) is 0 Å². The van der Waals surface area contributed by atoms with Gasteiger partial charge in [0, 0.05) is 12.5 Å². The average molecular weight is 267 g/mol. The predicted molar refractivity (Wildman–Crippen MR) is 74.9 cm³/mol. The van der Waals surface area contributed by atoms with Crippen molar-refractivity contribution in [3.63, 3.8) is 0 Å². The molecule has 1 atom stereocenters. The van der Waals surface area contributed by atoms with E-state index in [9.17, 15) is 4.39 Å². The van der Waals surface area contributed by atoms with Crippen LogP contribution < -0.4 is 11.1 Å². The molecule has 1 aromatic rings. The van der Waals surface area contributed by atoms with Crippen molar-refractivity contribution in [3.05, 3.63) is 35.1 Å². The minimum atomic E-state index is -0.201. The van der Waals surface area contributed by atoms with Gasteiger partial charge >= 0.3 is 0 Å². The molecule has 106 valence electrons. The Morgan fingerprint density at radius 3 is 2.84 bits per heavy atom. The first-order valence-electron chi connectivity index (χ1n) is 6.51. The number of aryl methyl sites for hydroxylation is 1. The summed E-state index contributed by atoms with van der Waals surface area (Å²) in [5.41, 5.74) is 7.59. The van der Waals surface area contributed by atoms with E-state index in [1.54, 1.807) is 6.07 Å². The van der Waals surface area contributed by atoms with Gasteiger partial charge in [0.25, 0.3) is 0 Å². The molecule has 0 bridgehead atoms. The maximum absolute atomic E-state index is 13.0. The van der Waals surface area contributed by atoms with Gasteiger partial charge in [-0.3, -0.25) is 0 Å². The fourth-order valence-electron chi connectivity index (χ4n) is 2.00. The third-order valence-electron chi connectivity index (χ3n) is 3.21. The highest BCUT2D eigenvalue weighted by molar-refractivity contribution is 5.80. The van der Waals surface area contributed by atoms with Crippen LogP contribution in [0.5, 0.6) is 0 Å². The standard InChI is InChI=1S/C14H22FN3O/c1-3-13(9-14(16)18-19)17-7-6-11-4-5-12(15)8-10(11)2/h4-5,8,13,17,19H,3,6-7,9H2,1-2H3,(H2,16,18). The number of benzene rings is 1. The molecule has 1 unspecified atom stereocenters. The molecular formula is C14H22FN3O. The summed E-state index contributed by atoms with van der Waals surface area (Å²) in [6, 6.07) is 5.03. The van der Waals surface area contributed by atoms with Crippen molar-refractivity contribution in [2.24, 2.45) is 10.9 Å². The lowest BCUT2D eigenvalue weighted by atomic mass is 10.0. The topological polar surface area (TPSA) is 70.6 Å². The SMILES string of the molecule is CCC(CC(N)=NO)NCCc1ccc(F)cc1C. The number of nitrogens with one attached hydrogen (secondary N) is 1. The molecule has 0 fully saturated rings. The second-order valence-corrected chi connectivity index (χ2v) is 4.68. The maximum Gasteiger partial charge on any atom is 0.140 e. The van der Waals surface area contributed by atoms with Gasteiger partial charge in [-0.2, -0.15) is 0 Å². The Balaban J connectivity index is 2.44. The van der Waals surface area contributed by atoms with Gasteiger partial charge in [0.15, 0.2) is 0 Å². The number of rotatable bonds is 7. The Labute approximate surface area is 113 Å². The van der Waals surface area contributed by atoms with Gasteiger partial charge < -0.3 is 16.3 Å². The quantitative estimate of drug-likeness (QED) is 0.307. The molecule has 0 aromatic heterocycles. The van der Waals surface area contributed by atoms with Crippen LogP contribution in [0.1, 0.15) is 30.9 Å². The number of hydrogen-bond donors (Lipinski definition) is 3. The molecule has 4 N–H and O–H groups in total. The van der Waals surface area contributed by atoms with Crippen molar-refractivity contribution in [2.45, 2.75) is 39.2 Å². The Morgan fingerprint density at radius 2 is 2.26 bits per heavy atom. The molecule has 0 aliphatic rings. The van der Waals surface area contributed by atoms with E-state index in [1.807, 2.05) is 19.9 Å². The zero-order chi connectivity index (χ0) is 14.3. The summed E-state index contributed by atoms with van der Waals surface area (Å²) in [7, 11) is 0. The molecule has 1 aromatic carbocycles. The summed E-state index contributed by atoms with van der Waals surface area (Å²) >= 11 is 0. The van der Waals surface area contributed by atoms with E-state index in [0.29, 0.717) is 6.42 Å². The van der Waals surface area contributed by atoms with Crippen LogP contribution in [0.3, 0.4) is 0 Å². The van der Waals surface area contributed by atoms with E-state index >= 15 is 0 Å². The molecule has 5 heteroatoms. The molecule has 0 heterocycles. The lowest BCUT2D eigenvalue weighted by molar-refractivity contribution is 0.315. The third-order valence-corrected chi connectivity index (χ3v) is 3.21. The highest BCUT2D eigenvalue weighted by Crippen LogP contribution is 2.10. The van der Waals surface area contributed by atoms with E-state index in [2.05, 4.69) is 10.5 Å². The highest BCUT2D eigenvalue weighted by Gasteiger charge is 2.08. The minimum Gasteiger partial charge on any atom is -0.409 e. The molecule has 0 saturated heterocycles. The summed E-state index contributed by atoms with van der Waals surface area (Å²) in [5, 5.41) is 14.9. The van der Waals surface area contributed by atoms with Gasteiger partial charge in [0.05, 0.1) is 0 Å². The first-order chi connectivity index (χ1) is 9.06. The van der Waals surface area contributed by atoms with Crippen LogP contribution in [-0.4, -0.2) is 23.6 Å². The zero-order valence-electron chi connectivity index (χ0n) is 11.5. The van der Waals surface area contributed by atoms with Crippen LogP contribution in [0, 0.1) is 12.7 Å². The monoisotopic (exact) mass is 267 g/mol. The van der Waals surface area contributed by atoms with Crippen LogP contribution in [0.15, 0.2) is 23.4 Å². The number of halogens is 1. The first-order valence-corrected chi connectivity index (χ1v) is 6.51. The Hall–Kier alpha value is -1.62. The smallest absolute Gasteiger partial charge is 0.140 e. The number of nitrogens with zero attached hydrogens (tertiary/aromatic N) is 1. The molecule has 0 aliphatic carbocycles. The molecular weight excluding hydrogens is 245 g/mol. The molecule has 0 amide bonds. The van der Waals surface area contributed by atoms with Gasteiger partial charge in [0.1, 0.15) is 11.7 Å². The van der Waals surface area contributed by atoms with Gasteiger partial charge in [0.2, 0.25) is 0 Å². The molecule has 0 spiro atoms. The first kappa shape index (κ1) is 15.4. The third kappa shape index (κ3) is 5.26.